The summed E-state index contributed by atoms with van der Waals surface area (Å²) in [7, 11) is 0. The highest BCUT2D eigenvalue weighted by Gasteiger charge is 2.17. The maximum atomic E-state index is 12.2. The van der Waals surface area contributed by atoms with Gasteiger partial charge in [-0.15, -0.1) is 0 Å². The third kappa shape index (κ3) is 6.58. The van der Waals surface area contributed by atoms with Crippen molar-refractivity contribution in [3.05, 3.63) is 35.4 Å². The smallest absolute Gasteiger partial charge is 0.227 e. The molecule has 0 aromatic heterocycles. The number of nitrogens with one attached hydrogen (secondary N) is 1. The summed E-state index contributed by atoms with van der Waals surface area (Å²) in [6, 6.07) is 8.21. The summed E-state index contributed by atoms with van der Waals surface area (Å²) in [4.78, 5) is 12.2. The summed E-state index contributed by atoms with van der Waals surface area (Å²) >= 11 is 0. The first-order chi connectivity index (χ1) is 10.4. The molecule has 0 bridgehead atoms. The Morgan fingerprint density at radius 2 is 1.82 bits per heavy atom. The lowest BCUT2D eigenvalue weighted by Gasteiger charge is -2.18. The Morgan fingerprint density at radius 3 is 2.36 bits per heavy atom. The predicted octanol–water partition coefficient (Wildman–Crippen LogP) is 2.50. The van der Waals surface area contributed by atoms with E-state index in [1.807, 2.05) is 26.0 Å². The van der Waals surface area contributed by atoms with Crippen LogP contribution in [0.2, 0.25) is 0 Å². The highest BCUT2D eigenvalue weighted by atomic mass is 16.5. The van der Waals surface area contributed by atoms with Crippen LogP contribution in [0.5, 0.6) is 0 Å². The number of ether oxygens (including phenoxy) is 1. The quantitative estimate of drug-likeness (QED) is 0.689. The number of carbonyl (C=O) groups excluding carboxylic acids is 1. The van der Waals surface area contributed by atoms with Crippen molar-refractivity contribution in [1.29, 1.82) is 0 Å². The predicted molar refractivity (Wildman–Crippen MR) is 88.9 cm³/mol. The Bertz CT molecular complexity index is 442. The standard InChI is InChI=1S/C18H29NO3/c1-13(2)11-16-5-7-17(8-6-16)15(4)18(21)19-14(3)12-22-10-9-20/h5-8,13-15,20H,9-12H2,1-4H3,(H,19,21)/t14-,15-/m1/s1. The van der Waals surface area contributed by atoms with Crippen molar-refractivity contribution >= 4 is 5.91 Å². The minimum absolute atomic E-state index is 0.000203. The van der Waals surface area contributed by atoms with Crippen molar-refractivity contribution in [3.63, 3.8) is 0 Å². The Hall–Kier alpha value is -1.39. The Labute approximate surface area is 133 Å². The molecule has 1 aromatic rings. The van der Waals surface area contributed by atoms with E-state index in [1.54, 1.807) is 0 Å². The number of amides is 1. The Balaban J connectivity index is 2.51. The minimum Gasteiger partial charge on any atom is -0.394 e. The normalized spacial score (nSPS) is 13.9. The van der Waals surface area contributed by atoms with E-state index in [0.717, 1.165) is 12.0 Å². The van der Waals surface area contributed by atoms with Gasteiger partial charge in [0.2, 0.25) is 5.91 Å². The molecule has 0 aliphatic carbocycles. The fourth-order valence-corrected chi connectivity index (χ4v) is 2.30. The summed E-state index contributed by atoms with van der Waals surface area (Å²) in [5, 5.41) is 11.6. The lowest BCUT2D eigenvalue weighted by Crippen LogP contribution is -2.38. The number of carbonyl (C=O) groups is 1. The average Bonchev–Trinajstić information content (AvgIpc) is 2.47. The molecular weight excluding hydrogens is 278 g/mol. The molecule has 4 nitrogen and oxygen atoms in total. The molecule has 0 radical (unpaired) electrons. The number of hydrogen-bond donors (Lipinski definition) is 2. The first-order valence-corrected chi connectivity index (χ1v) is 8.01. The number of aliphatic hydroxyl groups is 1. The molecule has 0 heterocycles. The van der Waals surface area contributed by atoms with Gasteiger partial charge in [-0.2, -0.15) is 0 Å². The second-order valence-electron chi connectivity index (χ2n) is 6.27. The summed E-state index contributed by atoms with van der Waals surface area (Å²) in [6.07, 6.45) is 1.06. The summed E-state index contributed by atoms with van der Waals surface area (Å²) < 4.78 is 5.22. The van der Waals surface area contributed by atoms with E-state index in [1.165, 1.54) is 5.56 Å². The van der Waals surface area contributed by atoms with Gasteiger partial charge in [0.05, 0.1) is 25.7 Å². The zero-order valence-corrected chi connectivity index (χ0v) is 14.1. The van der Waals surface area contributed by atoms with Crippen LogP contribution in [0.4, 0.5) is 0 Å². The highest BCUT2D eigenvalue weighted by molar-refractivity contribution is 5.83. The van der Waals surface area contributed by atoms with Gasteiger partial charge in [-0.3, -0.25) is 4.79 Å². The molecule has 124 valence electrons. The van der Waals surface area contributed by atoms with E-state index in [-0.39, 0.29) is 24.5 Å². The Morgan fingerprint density at radius 1 is 1.18 bits per heavy atom. The topological polar surface area (TPSA) is 58.6 Å². The van der Waals surface area contributed by atoms with E-state index in [9.17, 15) is 4.79 Å². The monoisotopic (exact) mass is 307 g/mol. The van der Waals surface area contributed by atoms with Crippen LogP contribution in [0.25, 0.3) is 0 Å². The first kappa shape index (κ1) is 18.7. The molecular formula is C18H29NO3. The van der Waals surface area contributed by atoms with Gasteiger partial charge in [-0.05, 0) is 37.3 Å². The van der Waals surface area contributed by atoms with Crippen LogP contribution < -0.4 is 5.32 Å². The zero-order chi connectivity index (χ0) is 16.5. The Kier molecular flexibility index (Phi) is 8.13. The fourth-order valence-electron chi connectivity index (χ4n) is 2.30. The van der Waals surface area contributed by atoms with Gasteiger partial charge in [0.15, 0.2) is 0 Å². The zero-order valence-electron chi connectivity index (χ0n) is 14.1. The minimum atomic E-state index is -0.187. The van der Waals surface area contributed by atoms with Gasteiger partial charge in [0, 0.05) is 6.04 Å². The lowest BCUT2D eigenvalue weighted by molar-refractivity contribution is -0.123. The molecule has 0 fully saturated rings. The van der Waals surface area contributed by atoms with E-state index >= 15 is 0 Å². The molecule has 0 aliphatic rings. The fraction of sp³-hybridized carbons (Fsp3) is 0.611. The molecule has 1 amide bonds. The van der Waals surface area contributed by atoms with Crippen molar-refractivity contribution in [3.8, 4) is 0 Å². The summed E-state index contributed by atoms with van der Waals surface area (Å²) in [6.45, 7) is 8.91. The van der Waals surface area contributed by atoms with E-state index < -0.39 is 0 Å². The highest BCUT2D eigenvalue weighted by Crippen LogP contribution is 2.18. The maximum Gasteiger partial charge on any atom is 0.227 e. The molecule has 1 aromatic carbocycles. The van der Waals surface area contributed by atoms with Crippen LogP contribution in [0.3, 0.4) is 0 Å². The second kappa shape index (κ2) is 9.59. The summed E-state index contributed by atoms with van der Waals surface area (Å²) in [5.74, 6) is 0.441. The van der Waals surface area contributed by atoms with Crippen LogP contribution in [-0.4, -0.2) is 36.9 Å². The third-order valence-corrected chi connectivity index (χ3v) is 3.51. The first-order valence-electron chi connectivity index (χ1n) is 8.01. The average molecular weight is 307 g/mol. The molecule has 4 heteroatoms. The van der Waals surface area contributed by atoms with Gasteiger partial charge < -0.3 is 15.2 Å². The van der Waals surface area contributed by atoms with Crippen LogP contribution in [0, 0.1) is 5.92 Å². The van der Waals surface area contributed by atoms with Gasteiger partial charge in [-0.25, -0.2) is 0 Å². The largest absolute Gasteiger partial charge is 0.394 e. The van der Waals surface area contributed by atoms with Crippen LogP contribution in [-0.2, 0) is 16.0 Å². The number of benzene rings is 1. The molecule has 2 N–H and O–H groups in total. The van der Waals surface area contributed by atoms with Crippen molar-refractivity contribution in [1.82, 2.24) is 5.32 Å². The maximum absolute atomic E-state index is 12.2. The number of rotatable bonds is 9. The molecule has 0 saturated heterocycles. The van der Waals surface area contributed by atoms with E-state index in [4.69, 9.17) is 9.84 Å². The molecule has 0 spiro atoms. The van der Waals surface area contributed by atoms with E-state index in [0.29, 0.717) is 19.1 Å². The third-order valence-electron chi connectivity index (χ3n) is 3.51. The van der Waals surface area contributed by atoms with Gasteiger partial charge >= 0.3 is 0 Å². The molecule has 0 unspecified atom stereocenters. The van der Waals surface area contributed by atoms with Gasteiger partial charge in [0.25, 0.3) is 0 Å². The molecule has 1 rings (SSSR count). The van der Waals surface area contributed by atoms with Gasteiger partial charge in [0.1, 0.15) is 0 Å². The molecule has 22 heavy (non-hydrogen) atoms. The van der Waals surface area contributed by atoms with Crippen molar-refractivity contribution in [2.24, 2.45) is 5.92 Å². The number of hydrogen-bond acceptors (Lipinski definition) is 3. The van der Waals surface area contributed by atoms with Crippen LogP contribution >= 0.6 is 0 Å². The van der Waals surface area contributed by atoms with Crippen LogP contribution in [0.1, 0.15) is 44.7 Å². The molecule has 2 atom stereocenters. The van der Waals surface area contributed by atoms with Gasteiger partial charge in [-0.1, -0.05) is 38.1 Å². The lowest BCUT2D eigenvalue weighted by atomic mass is 9.96. The summed E-state index contributed by atoms with van der Waals surface area (Å²) in [5.41, 5.74) is 2.32. The van der Waals surface area contributed by atoms with E-state index in [2.05, 4.69) is 31.3 Å². The van der Waals surface area contributed by atoms with Crippen molar-refractivity contribution in [2.75, 3.05) is 19.8 Å². The SMILES string of the molecule is CC(C)Cc1ccc([C@@H](C)C(=O)N[C@H](C)COCCO)cc1. The van der Waals surface area contributed by atoms with Crippen molar-refractivity contribution in [2.45, 2.75) is 46.1 Å². The molecule has 0 saturated carbocycles. The molecule has 0 aliphatic heterocycles. The number of aliphatic hydroxyl groups excluding tert-OH is 1. The van der Waals surface area contributed by atoms with Crippen molar-refractivity contribution < 1.29 is 14.6 Å². The van der Waals surface area contributed by atoms with Crippen LogP contribution in [0.15, 0.2) is 24.3 Å². The second-order valence-corrected chi connectivity index (χ2v) is 6.27.